The van der Waals surface area contributed by atoms with E-state index < -0.39 is 0 Å². The molecule has 0 spiro atoms. The number of H-pyrrole nitrogens is 1. The van der Waals surface area contributed by atoms with E-state index in [4.69, 9.17) is 4.74 Å². The summed E-state index contributed by atoms with van der Waals surface area (Å²) in [6, 6.07) is 2.06. The Bertz CT molecular complexity index is 473. The van der Waals surface area contributed by atoms with Crippen LogP contribution in [0.3, 0.4) is 0 Å². The smallest absolute Gasteiger partial charge is 0.159 e. The van der Waals surface area contributed by atoms with Gasteiger partial charge in [-0.1, -0.05) is 0 Å². The molecule has 0 radical (unpaired) electrons. The molecule has 80 valence electrons. The quantitative estimate of drug-likeness (QED) is 0.758. The van der Waals surface area contributed by atoms with Gasteiger partial charge in [0.05, 0.1) is 18.8 Å². The van der Waals surface area contributed by atoms with Crippen LogP contribution in [0.15, 0.2) is 12.3 Å². The highest BCUT2D eigenvalue weighted by Crippen LogP contribution is 2.28. The summed E-state index contributed by atoms with van der Waals surface area (Å²) in [6.07, 6.45) is 2.04. The first-order chi connectivity index (χ1) is 7.40. The van der Waals surface area contributed by atoms with Gasteiger partial charge in [-0.3, -0.25) is 4.68 Å². The van der Waals surface area contributed by atoms with Crippen LogP contribution in [0.1, 0.15) is 11.8 Å². The highest BCUT2D eigenvalue weighted by atomic mass is 16.5. The normalized spacial score (nSPS) is 20.7. The summed E-state index contributed by atoms with van der Waals surface area (Å²) >= 11 is 0. The van der Waals surface area contributed by atoms with Crippen LogP contribution < -0.4 is 5.32 Å². The molecule has 1 aliphatic rings. The summed E-state index contributed by atoms with van der Waals surface area (Å²) < 4.78 is 7.79. The SMILES string of the molecule is CNC[C@H]1OCCn2nc3[nH]ccc3c21. The molecule has 3 rings (SSSR count). The summed E-state index contributed by atoms with van der Waals surface area (Å²) in [5.41, 5.74) is 2.14. The van der Waals surface area contributed by atoms with Crippen LogP contribution in [-0.2, 0) is 11.3 Å². The van der Waals surface area contributed by atoms with Gasteiger partial charge >= 0.3 is 0 Å². The Labute approximate surface area is 87.4 Å². The van der Waals surface area contributed by atoms with Crippen molar-refractivity contribution in [1.29, 1.82) is 0 Å². The number of rotatable bonds is 2. The van der Waals surface area contributed by atoms with E-state index in [1.807, 2.05) is 17.9 Å². The second-order valence-corrected chi connectivity index (χ2v) is 3.77. The van der Waals surface area contributed by atoms with Crippen molar-refractivity contribution in [2.45, 2.75) is 12.6 Å². The van der Waals surface area contributed by atoms with Crippen LogP contribution >= 0.6 is 0 Å². The molecule has 2 aromatic rings. The molecule has 0 unspecified atom stereocenters. The van der Waals surface area contributed by atoms with Crippen LogP contribution in [-0.4, -0.2) is 35.0 Å². The summed E-state index contributed by atoms with van der Waals surface area (Å²) in [4.78, 5) is 3.13. The van der Waals surface area contributed by atoms with Gasteiger partial charge in [-0.25, -0.2) is 0 Å². The molecule has 2 N–H and O–H groups in total. The maximum absolute atomic E-state index is 5.74. The summed E-state index contributed by atoms with van der Waals surface area (Å²) in [5, 5.41) is 8.82. The number of likely N-dealkylation sites (N-methyl/N-ethyl adjacent to an activating group) is 1. The van der Waals surface area contributed by atoms with E-state index in [-0.39, 0.29) is 6.10 Å². The fraction of sp³-hybridized carbons (Fsp3) is 0.500. The van der Waals surface area contributed by atoms with Crippen LogP contribution in [0, 0.1) is 0 Å². The van der Waals surface area contributed by atoms with E-state index in [0.29, 0.717) is 0 Å². The lowest BCUT2D eigenvalue weighted by Gasteiger charge is -2.24. The Balaban J connectivity index is 2.13. The lowest BCUT2D eigenvalue weighted by molar-refractivity contribution is 0.0195. The van der Waals surface area contributed by atoms with Gasteiger partial charge in [-0.05, 0) is 13.1 Å². The Kier molecular flexibility index (Phi) is 2.00. The van der Waals surface area contributed by atoms with Gasteiger partial charge in [0.25, 0.3) is 0 Å². The number of fused-ring (bicyclic) bond motifs is 3. The molecule has 0 fully saturated rings. The highest BCUT2D eigenvalue weighted by molar-refractivity contribution is 5.79. The molecular weight excluding hydrogens is 192 g/mol. The van der Waals surface area contributed by atoms with Crippen molar-refractivity contribution in [3.05, 3.63) is 18.0 Å². The zero-order valence-corrected chi connectivity index (χ0v) is 8.66. The van der Waals surface area contributed by atoms with Crippen molar-refractivity contribution in [3.8, 4) is 0 Å². The zero-order valence-electron chi connectivity index (χ0n) is 8.66. The first-order valence-corrected chi connectivity index (χ1v) is 5.20. The van der Waals surface area contributed by atoms with Crippen LogP contribution in [0.25, 0.3) is 11.0 Å². The average molecular weight is 206 g/mol. The molecule has 0 aliphatic carbocycles. The fourth-order valence-corrected chi connectivity index (χ4v) is 2.18. The van der Waals surface area contributed by atoms with Gasteiger partial charge in [-0.15, -0.1) is 0 Å². The minimum atomic E-state index is 0.115. The Hall–Kier alpha value is -1.33. The third kappa shape index (κ3) is 1.27. The Morgan fingerprint density at radius 3 is 3.53 bits per heavy atom. The highest BCUT2D eigenvalue weighted by Gasteiger charge is 2.25. The number of hydrogen-bond acceptors (Lipinski definition) is 3. The molecule has 1 aliphatic heterocycles. The molecule has 5 heteroatoms. The summed E-state index contributed by atoms with van der Waals surface area (Å²) in [7, 11) is 1.94. The number of nitrogens with one attached hydrogen (secondary N) is 2. The van der Waals surface area contributed by atoms with E-state index in [2.05, 4.69) is 21.5 Å². The molecule has 2 aromatic heterocycles. The molecule has 0 saturated carbocycles. The third-order valence-electron chi connectivity index (χ3n) is 2.82. The van der Waals surface area contributed by atoms with Crippen molar-refractivity contribution >= 4 is 11.0 Å². The van der Waals surface area contributed by atoms with E-state index in [0.717, 1.165) is 25.3 Å². The predicted molar refractivity (Wildman–Crippen MR) is 56.7 cm³/mol. The molecule has 0 amide bonds. The molecule has 0 saturated heterocycles. The van der Waals surface area contributed by atoms with E-state index in [1.54, 1.807) is 0 Å². The molecule has 1 atom stereocenters. The zero-order chi connectivity index (χ0) is 10.3. The number of nitrogens with zero attached hydrogens (tertiary/aromatic N) is 2. The number of aromatic nitrogens is 3. The molecule has 15 heavy (non-hydrogen) atoms. The van der Waals surface area contributed by atoms with Crippen molar-refractivity contribution in [3.63, 3.8) is 0 Å². The third-order valence-corrected chi connectivity index (χ3v) is 2.82. The minimum absolute atomic E-state index is 0.115. The Morgan fingerprint density at radius 1 is 1.73 bits per heavy atom. The first kappa shape index (κ1) is 8.94. The van der Waals surface area contributed by atoms with Gasteiger partial charge in [0.15, 0.2) is 5.65 Å². The minimum Gasteiger partial charge on any atom is -0.369 e. The van der Waals surface area contributed by atoms with Crippen molar-refractivity contribution in [1.82, 2.24) is 20.1 Å². The van der Waals surface area contributed by atoms with Crippen LogP contribution in [0.5, 0.6) is 0 Å². The van der Waals surface area contributed by atoms with Gasteiger partial charge in [0.1, 0.15) is 6.10 Å². The molecule has 0 bridgehead atoms. The fourth-order valence-electron chi connectivity index (χ4n) is 2.18. The second-order valence-electron chi connectivity index (χ2n) is 3.77. The van der Waals surface area contributed by atoms with Gasteiger partial charge < -0.3 is 15.0 Å². The van der Waals surface area contributed by atoms with E-state index in [9.17, 15) is 0 Å². The number of aromatic amines is 1. The lowest BCUT2D eigenvalue weighted by atomic mass is 10.1. The predicted octanol–water partition coefficient (Wildman–Crippen LogP) is 0.655. The summed E-state index contributed by atoms with van der Waals surface area (Å²) in [6.45, 7) is 2.41. The van der Waals surface area contributed by atoms with Crippen LogP contribution in [0.2, 0.25) is 0 Å². The van der Waals surface area contributed by atoms with E-state index >= 15 is 0 Å². The topological polar surface area (TPSA) is 54.9 Å². The van der Waals surface area contributed by atoms with Gasteiger partial charge in [0, 0.05) is 18.1 Å². The lowest BCUT2D eigenvalue weighted by Crippen LogP contribution is -2.28. The Morgan fingerprint density at radius 2 is 2.67 bits per heavy atom. The second kappa shape index (κ2) is 3.36. The van der Waals surface area contributed by atoms with Crippen molar-refractivity contribution < 1.29 is 4.74 Å². The maximum atomic E-state index is 5.74. The largest absolute Gasteiger partial charge is 0.369 e. The molecule has 5 nitrogen and oxygen atoms in total. The summed E-state index contributed by atoms with van der Waals surface area (Å²) in [5.74, 6) is 0. The van der Waals surface area contributed by atoms with Crippen LogP contribution in [0.4, 0.5) is 0 Å². The molecule has 3 heterocycles. The molecule has 0 aromatic carbocycles. The van der Waals surface area contributed by atoms with E-state index in [1.165, 1.54) is 11.1 Å². The van der Waals surface area contributed by atoms with Crippen molar-refractivity contribution in [2.75, 3.05) is 20.2 Å². The van der Waals surface area contributed by atoms with Gasteiger partial charge in [-0.2, -0.15) is 5.10 Å². The monoisotopic (exact) mass is 206 g/mol. The average Bonchev–Trinajstić information content (AvgIpc) is 2.77. The maximum Gasteiger partial charge on any atom is 0.159 e. The molecular formula is C10H14N4O. The van der Waals surface area contributed by atoms with Crippen molar-refractivity contribution in [2.24, 2.45) is 0 Å². The number of hydrogen-bond donors (Lipinski definition) is 2. The van der Waals surface area contributed by atoms with Gasteiger partial charge in [0.2, 0.25) is 0 Å². The standard InChI is InChI=1S/C10H14N4O/c1-11-6-8-9-7-2-3-12-10(7)13-14(9)4-5-15-8/h2-3,8,11H,4-6H2,1H3,(H,12,13)/t8-/m1/s1. The first-order valence-electron chi connectivity index (χ1n) is 5.20. The number of ether oxygens (including phenoxy) is 1.